The van der Waals surface area contributed by atoms with Crippen molar-refractivity contribution in [3.63, 3.8) is 0 Å². The molecule has 0 aliphatic carbocycles. The molecule has 2 aromatic rings. The van der Waals surface area contributed by atoms with Crippen molar-refractivity contribution >= 4 is 16.5 Å². The van der Waals surface area contributed by atoms with Crippen molar-refractivity contribution in [2.75, 3.05) is 12.0 Å². The second-order valence-electron chi connectivity index (χ2n) is 4.45. The van der Waals surface area contributed by atoms with Crippen LogP contribution in [0.2, 0.25) is 0 Å². The van der Waals surface area contributed by atoms with Crippen LogP contribution in [0.1, 0.15) is 13.3 Å². The number of aromatic nitrogens is 4. The minimum absolute atomic E-state index is 0.128. The summed E-state index contributed by atoms with van der Waals surface area (Å²) < 4.78 is 13.1. The van der Waals surface area contributed by atoms with Gasteiger partial charge in [0.05, 0.1) is 0 Å². The summed E-state index contributed by atoms with van der Waals surface area (Å²) in [4.78, 5) is 0. The van der Waals surface area contributed by atoms with Crippen molar-refractivity contribution in [2.24, 2.45) is 0 Å². The summed E-state index contributed by atoms with van der Waals surface area (Å²) in [7, 11) is -0.824. The van der Waals surface area contributed by atoms with E-state index in [4.69, 9.17) is 5.73 Å². The molecule has 0 spiro atoms. The Labute approximate surface area is 114 Å². The van der Waals surface area contributed by atoms with Gasteiger partial charge in [-0.2, -0.15) is 0 Å². The van der Waals surface area contributed by atoms with E-state index in [0.29, 0.717) is 18.1 Å². The van der Waals surface area contributed by atoms with Crippen LogP contribution in [0, 0.1) is 0 Å². The number of hydrogen-bond donors (Lipinski definition) is 1. The van der Waals surface area contributed by atoms with Gasteiger partial charge in [0, 0.05) is 40.1 Å². The standard InChI is InChI=1S/C12H17N5OS/c1-9(19(2)18)7-8-17-12(14-15-16-17)10-3-5-11(13)6-4-10/h3-6,9H,7-8,13H2,1-2H3. The van der Waals surface area contributed by atoms with E-state index in [-0.39, 0.29) is 5.25 Å². The summed E-state index contributed by atoms with van der Waals surface area (Å²) >= 11 is 0. The lowest BCUT2D eigenvalue weighted by Crippen LogP contribution is -2.14. The molecule has 1 heterocycles. The van der Waals surface area contributed by atoms with Crippen molar-refractivity contribution in [3.05, 3.63) is 24.3 Å². The number of tetrazole rings is 1. The van der Waals surface area contributed by atoms with Crippen molar-refractivity contribution in [1.82, 2.24) is 20.2 Å². The van der Waals surface area contributed by atoms with Gasteiger partial charge in [0.15, 0.2) is 5.82 Å². The third kappa shape index (κ3) is 3.37. The van der Waals surface area contributed by atoms with Crippen LogP contribution in [0.25, 0.3) is 11.4 Å². The summed E-state index contributed by atoms with van der Waals surface area (Å²) in [6.07, 6.45) is 2.49. The topological polar surface area (TPSA) is 86.7 Å². The van der Waals surface area contributed by atoms with E-state index in [9.17, 15) is 4.21 Å². The predicted molar refractivity (Wildman–Crippen MR) is 75.8 cm³/mol. The van der Waals surface area contributed by atoms with Crippen molar-refractivity contribution < 1.29 is 4.21 Å². The molecule has 2 rings (SSSR count). The van der Waals surface area contributed by atoms with Crippen LogP contribution in [0.15, 0.2) is 24.3 Å². The SMILES string of the molecule is CC(CCn1nnnc1-c1ccc(N)cc1)S(C)=O. The first-order chi connectivity index (χ1) is 9.08. The lowest BCUT2D eigenvalue weighted by molar-refractivity contribution is 0.556. The Kier molecular flexibility index (Phi) is 4.26. The van der Waals surface area contributed by atoms with Gasteiger partial charge in [-0.25, -0.2) is 4.68 Å². The zero-order chi connectivity index (χ0) is 13.8. The molecular formula is C12H17N5OS. The van der Waals surface area contributed by atoms with E-state index in [1.54, 1.807) is 10.9 Å². The molecule has 2 N–H and O–H groups in total. The molecule has 6 nitrogen and oxygen atoms in total. The fraction of sp³-hybridized carbons (Fsp3) is 0.417. The molecule has 1 aromatic carbocycles. The van der Waals surface area contributed by atoms with Crippen LogP contribution in [0.4, 0.5) is 5.69 Å². The summed E-state index contributed by atoms with van der Waals surface area (Å²) in [6.45, 7) is 2.61. The minimum atomic E-state index is -0.824. The molecule has 0 amide bonds. The fourth-order valence-corrected chi connectivity index (χ4v) is 2.10. The molecule has 0 radical (unpaired) electrons. The van der Waals surface area contributed by atoms with Gasteiger partial charge < -0.3 is 5.73 Å². The first-order valence-electron chi connectivity index (χ1n) is 6.02. The van der Waals surface area contributed by atoms with Gasteiger partial charge in [-0.05, 0) is 41.1 Å². The van der Waals surface area contributed by atoms with Gasteiger partial charge in [0.1, 0.15) is 0 Å². The highest BCUT2D eigenvalue weighted by Gasteiger charge is 2.11. The van der Waals surface area contributed by atoms with Gasteiger partial charge in [-0.15, -0.1) is 5.10 Å². The molecule has 2 unspecified atom stereocenters. The van der Waals surface area contributed by atoms with Crippen molar-refractivity contribution in [1.29, 1.82) is 0 Å². The van der Waals surface area contributed by atoms with Crippen LogP contribution in [0.5, 0.6) is 0 Å². The number of benzene rings is 1. The number of nitrogen functional groups attached to an aromatic ring is 1. The predicted octanol–water partition coefficient (Wildman–Crippen LogP) is 1.08. The average Bonchev–Trinajstić information content (AvgIpc) is 2.85. The smallest absolute Gasteiger partial charge is 0.182 e. The lowest BCUT2D eigenvalue weighted by Gasteiger charge is -2.09. The molecule has 0 saturated heterocycles. The maximum Gasteiger partial charge on any atom is 0.182 e. The third-order valence-electron chi connectivity index (χ3n) is 3.01. The molecule has 2 atom stereocenters. The van der Waals surface area contributed by atoms with Gasteiger partial charge in [-0.1, -0.05) is 6.92 Å². The van der Waals surface area contributed by atoms with Gasteiger partial charge in [0.25, 0.3) is 0 Å². The molecule has 0 saturated carbocycles. The Morgan fingerprint density at radius 2 is 2.05 bits per heavy atom. The Bertz CT molecular complexity index is 566. The molecule has 0 bridgehead atoms. The molecule has 0 fully saturated rings. The van der Waals surface area contributed by atoms with Crippen molar-refractivity contribution in [2.45, 2.75) is 25.1 Å². The highest BCUT2D eigenvalue weighted by Crippen LogP contribution is 2.17. The highest BCUT2D eigenvalue weighted by molar-refractivity contribution is 7.84. The van der Waals surface area contributed by atoms with Gasteiger partial charge in [0.2, 0.25) is 0 Å². The van der Waals surface area contributed by atoms with Crippen LogP contribution < -0.4 is 5.73 Å². The van der Waals surface area contributed by atoms with Crippen LogP contribution in [-0.4, -0.2) is 35.9 Å². The van der Waals surface area contributed by atoms with E-state index < -0.39 is 10.8 Å². The molecule has 7 heteroatoms. The van der Waals surface area contributed by atoms with E-state index in [1.807, 2.05) is 31.2 Å². The Hall–Kier alpha value is -1.76. The molecule has 19 heavy (non-hydrogen) atoms. The van der Waals surface area contributed by atoms with Gasteiger partial charge >= 0.3 is 0 Å². The zero-order valence-electron chi connectivity index (χ0n) is 11.0. The Balaban J connectivity index is 2.14. The lowest BCUT2D eigenvalue weighted by atomic mass is 10.2. The number of nitrogens with two attached hydrogens (primary N) is 1. The summed E-state index contributed by atoms with van der Waals surface area (Å²) in [5, 5.41) is 11.8. The number of nitrogens with zero attached hydrogens (tertiary/aromatic N) is 4. The maximum atomic E-state index is 11.3. The number of anilines is 1. The first kappa shape index (κ1) is 13.7. The second-order valence-corrected chi connectivity index (χ2v) is 6.25. The largest absolute Gasteiger partial charge is 0.399 e. The molecule has 0 aliphatic heterocycles. The molecule has 102 valence electrons. The normalized spacial score (nSPS) is 14.2. The van der Waals surface area contributed by atoms with Crippen LogP contribution in [0.3, 0.4) is 0 Å². The van der Waals surface area contributed by atoms with Gasteiger partial charge in [-0.3, -0.25) is 4.21 Å². The molecular weight excluding hydrogens is 262 g/mol. The summed E-state index contributed by atoms with van der Waals surface area (Å²) in [6, 6.07) is 7.41. The van der Waals surface area contributed by atoms with E-state index in [0.717, 1.165) is 12.0 Å². The first-order valence-corrected chi connectivity index (χ1v) is 7.64. The monoisotopic (exact) mass is 279 g/mol. The quantitative estimate of drug-likeness (QED) is 0.828. The second kappa shape index (κ2) is 5.92. The van der Waals surface area contributed by atoms with Crippen LogP contribution >= 0.6 is 0 Å². The highest BCUT2D eigenvalue weighted by atomic mass is 32.2. The number of rotatable bonds is 5. The zero-order valence-corrected chi connectivity index (χ0v) is 11.8. The van der Waals surface area contributed by atoms with Crippen molar-refractivity contribution in [3.8, 4) is 11.4 Å². The third-order valence-corrected chi connectivity index (χ3v) is 4.38. The van der Waals surface area contributed by atoms with E-state index in [1.165, 1.54) is 0 Å². The minimum Gasteiger partial charge on any atom is -0.399 e. The fourth-order valence-electron chi connectivity index (χ4n) is 1.66. The molecule has 0 aliphatic rings. The Morgan fingerprint density at radius 1 is 1.37 bits per heavy atom. The van der Waals surface area contributed by atoms with Crippen LogP contribution in [-0.2, 0) is 17.3 Å². The summed E-state index contributed by atoms with van der Waals surface area (Å²) in [5.41, 5.74) is 7.28. The number of hydrogen-bond acceptors (Lipinski definition) is 5. The Morgan fingerprint density at radius 3 is 2.68 bits per heavy atom. The maximum absolute atomic E-state index is 11.3. The van der Waals surface area contributed by atoms with E-state index >= 15 is 0 Å². The summed E-state index contributed by atoms with van der Waals surface area (Å²) in [5.74, 6) is 0.703. The van der Waals surface area contributed by atoms with E-state index in [2.05, 4.69) is 15.5 Å². The average molecular weight is 279 g/mol. The number of aryl methyl sites for hydroxylation is 1. The molecule has 1 aromatic heterocycles.